The van der Waals surface area contributed by atoms with Crippen molar-refractivity contribution < 1.29 is 14.5 Å². The van der Waals surface area contributed by atoms with Gasteiger partial charge < -0.3 is 15.4 Å². The van der Waals surface area contributed by atoms with Crippen molar-refractivity contribution in [3.63, 3.8) is 0 Å². The Bertz CT molecular complexity index is 459. The van der Waals surface area contributed by atoms with Crippen molar-refractivity contribution in [3.8, 4) is 0 Å². The molecule has 0 fully saturated rings. The number of nitrogens with zero attached hydrogens (tertiary/aromatic N) is 1. The molecule has 0 atom stereocenters. The van der Waals surface area contributed by atoms with E-state index in [1.165, 1.54) is 7.11 Å². The quantitative estimate of drug-likeness (QED) is 0.298. The van der Waals surface area contributed by atoms with Gasteiger partial charge in [-0.15, -0.1) is 0 Å². The molecule has 0 bridgehead atoms. The van der Waals surface area contributed by atoms with Gasteiger partial charge in [0, 0.05) is 13.5 Å². The average molecular weight is 294 g/mol. The van der Waals surface area contributed by atoms with Crippen LogP contribution in [0.25, 0.3) is 0 Å². The van der Waals surface area contributed by atoms with Crippen LogP contribution in [-0.4, -0.2) is 37.6 Å². The summed E-state index contributed by atoms with van der Waals surface area (Å²) >= 11 is 0. The van der Waals surface area contributed by atoms with E-state index in [4.69, 9.17) is 10.5 Å². The van der Waals surface area contributed by atoms with Crippen LogP contribution in [0.3, 0.4) is 0 Å². The molecule has 116 valence electrons. The third-order valence-corrected chi connectivity index (χ3v) is 2.90. The van der Waals surface area contributed by atoms with Crippen LogP contribution in [0, 0.1) is 0 Å². The van der Waals surface area contributed by atoms with Gasteiger partial charge in [-0.1, -0.05) is 0 Å². The number of nitrogens with one attached hydrogen (secondary N) is 3. The zero-order valence-electron chi connectivity index (χ0n) is 12.6. The van der Waals surface area contributed by atoms with Crippen molar-refractivity contribution in [2.24, 2.45) is 5.73 Å². The van der Waals surface area contributed by atoms with Gasteiger partial charge in [-0.3, -0.25) is 10.5 Å². The number of ether oxygens (including phenoxy) is 1. The van der Waals surface area contributed by atoms with Crippen molar-refractivity contribution in [1.29, 1.82) is 0 Å². The second kappa shape index (κ2) is 9.57. The molecule has 7 nitrogen and oxygen atoms in total. The number of rotatable bonds is 8. The molecule has 7 heteroatoms. The molecule has 5 N–H and O–H groups in total. The van der Waals surface area contributed by atoms with E-state index in [0.717, 1.165) is 31.6 Å². The third-order valence-electron chi connectivity index (χ3n) is 2.90. The maximum absolute atomic E-state index is 11.7. The fourth-order valence-corrected chi connectivity index (χ4v) is 1.71. The normalized spacial score (nSPS) is 11.0. The van der Waals surface area contributed by atoms with E-state index >= 15 is 0 Å². The fraction of sp³-hybridized carbons (Fsp3) is 0.500. The summed E-state index contributed by atoms with van der Waals surface area (Å²) in [4.78, 5) is 18.8. The smallest absolute Gasteiger partial charge is 0.435 e. The van der Waals surface area contributed by atoms with E-state index in [2.05, 4.69) is 20.6 Å². The lowest BCUT2D eigenvalue weighted by Gasteiger charge is -2.05. The first-order valence-electron chi connectivity index (χ1n) is 6.99. The first-order valence-corrected chi connectivity index (χ1v) is 6.99. The number of amidine groups is 1. The highest BCUT2D eigenvalue weighted by atomic mass is 16.5. The van der Waals surface area contributed by atoms with Gasteiger partial charge in [0.1, 0.15) is 5.82 Å². The Balaban J connectivity index is 2.16. The van der Waals surface area contributed by atoms with E-state index in [1.807, 2.05) is 12.1 Å². The summed E-state index contributed by atoms with van der Waals surface area (Å²) < 4.78 is 4.79. The van der Waals surface area contributed by atoms with Crippen molar-refractivity contribution >= 4 is 23.4 Å². The van der Waals surface area contributed by atoms with Crippen LogP contribution in [0.2, 0.25) is 0 Å². The number of unbranched alkanes of at least 4 members (excludes halogenated alkanes) is 2. The first kappa shape index (κ1) is 16.7. The molecular weight excluding hydrogens is 270 g/mol. The van der Waals surface area contributed by atoms with Crippen molar-refractivity contribution in [3.05, 3.63) is 18.3 Å². The summed E-state index contributed by atoms with van der Waals surface area (Å²) in [5, 5.41) is 5.75. The summed E-state index contributed by atoms with van der Waals surface area (Å²) in [5.41, 5.74) is 6.16. The summed E-state index contributed by atoms with van der Waals surface area (Å²) in [6, 6.07) is 3.97. The maximum atomic E-state index is 11.7. The molecule has 0 aliphatic rings. The summed E-state index contributed by atoms with van der Waals surface area (Å²) in [6.07, 6.45) is 4.86. The zero-order valence-corrected chi connectivity index (χ0v) is 12.6. The largest absolute Gasteiger partial charge is 0.439 e. The number of hydrogen-bond acceptors (Lipinski definition) is 4. The highest BCUT2D eigenvalue weighted by Gasteiger charge is 2.03. The molecule has 0 saturated carbocycles. The molecule has 1 rings (SSSR count). The number of carbonyl (C=O) groups is 1. The predicted octanol–water partition coefficient (Wildman–Crippen LogP) is -0.336. The molecule has 1 amide bonds. The van der Waals surface area contributed by atoms with E-state index in [0.29, 0.717) is 18.1 Å². The number of pyridine rings is 1. The van der Waals surface area contributed by atoms with Gasteiger partial charge >= 0.3 is 6.02 Å². The van der Waals surface area contributed by atoms with Gasteiger partial charge in [-0.25, -0.2) is 9.98 Å². The number of amides is 1. The Kier molecular flexibility index (Phi) is 7.63. The Hall–Kier alpha value is -2.31. The number of aromatic nitrogens is 1. The van der Waals surface area contributed by atoms with Crippen LogP contribution in [-0.2, 0) is 9.53 Å². The molecular formula is C14H24N5O2+. The number of nitrogens with two attached hydrogens (primary N) is 1. The van der Waals surface area contributed by atoms with Crippen molar-refractivity contribution in [1.82, 2.24) is 4.98 Å². The minimum absolute atomic E-state index is 0.00457. The van der Waals surface area contributed by atoms with Crippen LogP contribution in [0.1, 0.15) is 25.7 Å². The second-order valence-corrected chi connectivity index (χ2v) is 4.54. The SMILES string of the molecule is CNc1ccc(NC(=O)CCCCC[NH+]=C(N)OC)cn1. The summed E-state index contributed by atoms with van der Waals surface area (Å²) in [6.45, 7) is 0.747. The van der Waals surface area contributed by atoms with Crippen LogP contribution in [0.15, 0.2) is 18.3 Å². The highest BCUT2D eigenvalue weighted by Crippen LogP contribution is 2.10. The number of anilines is 2. The number of hydrogen-bond donors (Lipinski definition) is 4. The lowest BCUT2D eigenvalue weighted by Crippen LogP contribution is -2.75. The van der Waals surface area contributed by atoms with Gasteiger partial charge in [0.15, 0.2) is 0 Å². The van der Waals surface area contributed by atoms with Crippen LogP contribution >= 0.6 is 0 Å². The Morgan fingerprint density at radius 1 is 1.38 bits per heavy atom. The highest BCUT2D eigenvalue weighted by molar-refractivity contribution is 5.90. The maximum Gasteiger partial charge on any atom is 0.439 e. The summed E-state index contributed by atoms with van der Waals surface area (Å²) in [7, 11) is 3.32. The molecule has 1 aromatic heterocycles. The zero-order chi connectivity index (χ0) is 15.5. The predicted molar refractivity (Wildman–Crippen MR) is 82.9 cm³/mol. The van der Waals surface area contributed by atoms with Crippen molar-refractivity contribution in [2.45, 2.75) is 25.7 Å². The van der Waals surface area contributed by atoms with Gasteiger partial charge in [0.05, 0.1) is 25.5 Å². The summed E-state index contributed by atoms with van der Waals surface area (Å²) in [5.74, 6) is 0.776. The van der Waals surface area contributed by atoms with E-state index < -0.39 is 0 Å². The van der Waals surface area contributed by atoms with E-state index in [-0.39, 0.29) is 5.91 Å². The number of carbonyl (C=O) groups excluding carboxylic acids is 1. The van der Waals surface area contributed by atoms with Crippen LogP contribution in [0.5, 0.6) is 0 Å². The van der Waals surface area contributed by atoms with Gasteiger partial charge in [0.25, 0.3) is 0 Å². The van der Waals surface area contributed by atoms with Crippen LogP contribution in [0.4, 0.5) is 11.5 Å². The minimum atomic E-state index is 0.00457. The Labute approximate surface area is 125 Å². The molecule has 0 saturated heterocycles. The monoisotopic (exact) mass is 294 g/mol. The Morgan fingerprint density at radius 2 is 2.19 bits per heavy atom. The van der Waals surface area contributed by atoms with Crippen molar-refractivity contribution in [2.75, 3.05) is 31.3 Å². The van der Waals surface area contributed by atoms with Gasteiger partial charge in [0.2, 0.25) is 5.91 Å². The second-order valence-electron chi connectivity index (χ2n) is 4.54. The molecule has 1 heterocycles. The average Bonchev–Trinajstić information content (AvgIpc) is 2.51. The molecule has 0 aliphatic heterocycles. The van der Waals surface area contributed by atoms with E-state index in [1.54, 1.807) is 13.2 Å². The van der Waals surface area contributed by atoms with Gasteiger partial charge in [-0.2, -0.15) is 0 Å². The standard InChI is InChI=1S/C14H23N5O2/c1-16-12-8-7-11(10-18-12)19-13(20)6-4-3-5-9-17-14(15)21-2/h7-8,10H,3-6,9H2,1-2H3,(H2,15,17)(H,16,18)(H,19,20)/p+1. The third kappa shape index (κ3) is 7.14. The number of methoxy groups -OCH3 is 1. The molecule has 0 spiro atoms. The van der Waals surface area contributed by atoms with Gasteiger partial charge in [-0.05, 0) is 31.4 Å². The molecule has 1 aromatic rings. The molecule has 0 aliphatic carbocycles. The first-order chi connectivity index (χ1) is 10.2. The Morgan fingerprint density at radius 3 is 2.81 bits per heavy atom. The topological polar surface area (TPSA) is 103 Å². The fourth-order valence-electron chi connectivity index (χ4n) is 1.71. The molecule has 0 unspecified atom stereocenters. The molecule has 21 heavy (non-hydrogen) atoms. The molecule has 0 radical (unpaired) electrons. The lowest BCUT2D eigenvalue weighted by molar-refractivity contribution is -0.468. The lowest BCUT2D eigenvalue weighted by atomic mass is 10.2. The van der Waals surface area contributed by atoms with E-state index in [9.17, 15) is 4.79 Å². The van der Waals surface area contributed by atoms with Crippen LogP contribution < -0.4 is 21.4 Å². The minimum Gasteiger partial charge on any atom is -0.435 e. The molecule has 0 aromatic carbocycles.